The van der Waals surface area contributed by atoms with E-state index in [1.165, 1.54) is 6.07 Å². The van der Waals surface area contributed by atoms with Gasteiger partial charge in [-0.15, -0.1) is 0 Å². The van der Waals surface area contributed by atoms with Crippen LogP contribution in [-0.2, 0) is 16.0 Å². The van der Waals surface area contributed by atoms with Crippen LogP contribution in [0.15, 0.2) is 18.2 Å². The Kier molecular flexibility index (Phi) is 7.22. The van der Waals surface area contributed by atoms with E-state index in [4.69, 9.17) is 10.5 Å². The molecule has 0 aliphatic carbocycles. The molecule has 176 valence electrons. The Morgan fingerprint density at radius 3 is 2.53 bits per heavy atom. The minimum absolute atomic E-state index is 0.0389. The minimum Gasteiger partial charge on any atom is -0.444 e. The molecule has 2 fully saturated rings. The van der Waals surface area contributed by atoms with Crippen molar-refractivity contribution in [2.24, 2.45) is 11.7 Å². The number of benzene rings is 1. The lowest BCUT2D eigenvalue weighted by molar-refractivity contribution is -0.384. The Morgan fingerprint density at radius 1 is 1.25 bits per heavy atom. The molecule has 3 N–H and O–H groups in total. The number of piperazine rings is 1. The number of hydrogen-bond donors (Lipinski definition) is 2. The summed E-state index contributed by atoms with van der Waals surface area (Å²) in [5, 5.41) is 15.0. The minimum atomic E-state index is -0.579. The van der Waals surface area contributed by atoms with E-state index in [1.807, 2.05) is 31.7 Å². The summed E-state index contributed by atoms with van der Waals surface area (Å²) in [5.74, 6) is -0.510. The third-order valence-corrected chi connectivity index (χ3v) is 5.92. The van der Waals surface area contributed by atoms with Gasteiger partial charge >= 0.3 is 6.09 Å². The van der Waals surface area contributed by atoms with E-state index in [0.717, 1.165) is 5.56 Å². The molecule has 0 bridgehead atoms. The van der Waals surface area contributed by atoms with Crippen molar-refractivity contribution in [3.8, 4) is 0 Å². The third kappa shape index (κ3) is 5.87. The maximum Gasteiger partial charge on any atom is 0.410 e. The summed E-state index contributed by atoms with van der Waals surface area (Å²) in [4.78, 5) is 39.1. The SMILES string of the molecule is CC(C)(C)OC(=O)N1CCNCC1Cc1ccc([N+](=O)[O-])c(N2CCC(C(N)=O)CC2)c1. The van der Waals surface area contributed by atoms with Gasteiger partial charge < -0.3 is 25.6 Å². The number of carbonyl (C=O) groups excluding carboxylic acids is 2. The smallest absolute Gasteiger partial charge is 0.410 e. The molecular weight excluding hydrogens is 414 g/mol. The zero-order chi connectivity index (χ0) is 23.5. The number of nitro benzene ring substituents is 1. The number of piperidine rings is 1. The second-order valence-electron chi connectivity index (χ2n) is 9.48. The summed E-state index contributed by atoms with van der Waals surface area (Å²) >= 11 is 0. The second kappa shape index (κ2) is 9.72. The van der Waals surface area contributed by atoms with Crippen LogP contribution in [0.5, 0.6) is 0 Å². The molecule has 2 saturated heterocycles. The van der Waals surface area contributed by atoms with Crippen LogP contribution in [0.2, 0.25) is 0 Å². The van der Waals surface area contributed by atoms with E-state index in [0.29, 0.717) is 57.7 Å². The Balaban J connectivity index is 1.79. The first kappa shape index (κ1) is 23.8. The number of amides is 2. The van der Waals surface area contributed by atoms with Gasteiger partial charge in [0.25, 0.3) is 5.69 Å². The topological polar surface area (TPSA) is 131 Å². The molecule has 1 atom stereocenters. The van der Waals surface area contributed by atoms with E-state index in [-0.39, 0.29) is 34.6 Å². The lowest BCUT2D eigenvalue weighted by atomic mass is 9.95. The van der Waals surface area contributed by atoms with Crippen LogP contribution in [0.1, 0.15) is 39.2 Å². The fraction of sp³-hybridized carbons (Fsp3) is 0.636. The molecule has 0 spiro atoms. The van der Waals surface area contributed by atoms with Crippen LogP contribution < -0.4 is 16.0 Å². The molecule has 10 heteroatoms. The number of hydrogen-bond acceptors (Lipinski definition) is 7. The number of nitrogens with one attached hydrogen (secondary N) is 1. The average Bonchev–Trinajstić information content (AvgIpc) is 2.72. The summed E-state index contributed by atoms with van der Waals surface area (Å²) in [6.07, 6.45) is 1.36. The largest absolute Gasteiger partial charge is 0.444 e. The Morgan fingerprint density at radius 2 is 1.94 bits per heavy atom. The molecule has 1 aromatic rings. The lowest BCUT2D eigenvalue weighted by Crippen LogP contribution is -2.55. The maximum atomic E-state index is 12.7. The summed E-state index contributed by atoms with van der Waals surface area (Å²) in [6, 6.07) is 5.00. The van der Waals surface area contributed by atoms with Gasteiger partial charge in [-0.2, -0.15) is 0 Å². The van der Waals surface area contributed by atoms with E-state index in [2.05, 4.69) is 5.32 Å². The van der Waals surface area contributed by atoms with Crippen LogP contribution in [0.3, 0.4) is 0 Å². The first-order valence-corrected chi connectivity index (χ1v) is 11.1. The quantitative estimate of drug-likeness (QED) is 0.522. The van der Waals surface area contributed by atoms with Crippen molar-refractivity contribution < 1.29 is 19.2 Å². The van der Waals surface area contributed by atoms with Crippen LogP contribution in [-0.4, -0.2) is 66.2 Å². The van der Waals surface area contributed by atoms with Crippen LogP contribution in [0, 0.1) is 16.0 Å². The van der Waals surface area contributed by atoms with Gasteiger partial charge in [0.1, 0.15) is 11.3 Å². The van der Waals surface area contributed by atoms with Gasteiger partial charge in [0.05, 0.1) is 11.0 Å². The van der Waals surface area contributed by atoms with E-state index in [9.17, 15) is 19.7 Å². The van der Waals surface area contributed by atoms with Crippen LogP contribution in [0.4, 0.5) is 16.2 Å². The number of ether oxygens (including phenoxy) is 1. The molecule has 2 aliphatic heterocycles. The van der Waals surface area contributed by atoms with Gasteiger partial charge in [0, 0.05) is 44.7 Å². The highest BCUT2D eigenvalue weighted by Gasteiger charge is 2.32. The number of primary amides is 1. The van der Waals surface area contributed by atoms with Crippen molar-refractivity contribution in [3.05, 3.63) is 33.9 Å². The number of carbonyl (C=O) groups is 2. The molecule has 2 heterocycles. The zero-order valence-corrected chi connectivity index (χ0v) is 19.0. The highest BCUT2D eigenvalue weighted by molar-refractivity contribution is 5.77. The highest BCUT2D eigenvalue weighted by Crippen LogP contribution is 2.33. The van der Waals surface area contributed by atoms with Gasteiger partial charge in [-0.05, 0) is 51.7 Å². The van der Waals surface area contributed by atoms with Crippen molar-refractivity contribution in [1.82, 2.24) is 10.2 Å². The molecule has 10 nitrogen and oxygen atoms in total. The zero-order valence-electron chi connectivity index (χ0n) is 19.0. The standard InChI is InChI=1S/C22H33N5O5/c1-22(2,3)32-21(29)26-11-8-24-14-17(26)12-15-4-5-18(27(30)31)19(13-15)25-9-6-16(7-10-25)20(23)28/h4-5,13,16-17,24H,6-12,14H2,1-3H3,(H2,23,28). The van der Waals surface area contributed by atoms with Gasteiger partial charge in [-0.3, -0.25) is 14.9 Å². The van der Waals surface area contributed by atoms with Crippen molar-refractivity contribution in [3.63, 3.8) is 0 Å². The monoisotopic (exact) mass is 447 g/mol. The lowest BCUT2D eigenvalue weighted by Gasteiger charge is -2.37. The molecule has 0 radical (unpaired) electrons. The molecule has 1 aromatic carbocycles. The summed E-state index contributed by atoms with van der Waals surface area (Å²) in [6.45, 7) is 8.44. The molecule has 3 rings (SSSR count). The number of nitrogens with two attached hydrogens (primary N) is 1. The molecule has 1 unspecified atom stereocenters. The maximum absolute atomic E-state index is 12.7. The normalized spacial score (nSPS) is 20.2. The Labute approximate surface area is 188 Å². The highest BCUT2D eigenvalue weighted by atomic mass is 16.6. The third-order valence-electron chi connectivity index (χ3n) is 5.92. The van der Waals surface area contributed by atoms with Gasteiger partial charge in [0.2, 0.25) is 5.91 Å². The van der Waals surface area contributed by atoms with E-state index >= 15 is 0 Å². The second-order valence-corrected chi connectivity index (χ2v) is 9.48. The predicted octanol–water partition coefficient (Wildman–Crippen LogP) is 2.05. The van der Waals surface area contributed by atoms with E-state index < -0.39 is 5.60 Å². The van der Waals surface area contributed by atoms with Crippen molar-refractivity contribution in [2.45, 2.75) is 51.7 Å². The fourth-order valence-electron chi connectivity index (χ4n) is 4.28. The van der Waals surface area contributed by atoms with Crippen LogP contribution in [0.25, 0.3) is 0 Å². The summed E-state index contributed by atoms with van der Waals surface area (Å²) in [7, 11) is 0. The predicted molar refractivity (Wildman–Crippen MR) is 121 cm³/mol. The van der Waals surface area contributed by atoms with Crippen molar-refractivity contribution in [2.75, 3.05) is 37.6 Å². The van der Waals surface area contributed by atoms with Crippen LogP contribution >= 0.6 is 0 Å². The summed E-state index contributed by atoms with van der Waals surface area (Å²) in [5.41, 5.74) is 6.33. The molecule has 0 aromatic heterocycles. The Bertz CT molecular complexity index is 861. The average molecular weight is 448 g/mol. The van der Waals surface area contributed by atoms with Crippen molar-refractivity contribution >= 4 is 23.4 Å². The first-order valence-electron chi connectivity index (χ1n) is 11.1. The van der Waals surface area contributed by atoms with E-state index in [1.54, 1.807) is 11.0 Å². The Hall–Kier alpha value is -2.88. The molecule has 32 heavy (non-hydrogen) atoms. The molecule has 0 saturated carbocycles. The molecule has 2 amide bonds. The molecular formula is C22H33N5O5. The molecule has 2 aliphatic rings. The first-order chi connectivity index (χ1) is 15.0. The number of rotatable bonds is 5. The number of anilines is 1. The fourth-order valence-corrected chi connectivity index (χ4v) is 4.28. The van der Waals surface area contributed by atoms with Gasteiger partial charge in [0.15, 0.2) is 0 Å². The number of nitrogens with zero attached hydrogens (tertiary/aromatic N) is 3. The summed E-state index contributed by atoms with van der Waals surface area (Å²) < 4.78 is 5.57. The van der Waals surface area contributed by atoms with Gasteiger partial charge in [-0.25, -0.2) is 4.79 Å². The number of nitro groups is 1. The van der Waals surface area contributed by atoms with Crippen molar-refractivity contribution in [1.29, 1.82) is 0 Å². The van der Waals surface area contributed by atoms with Gasteiger partial charge in [-0.1, -0.05) is 6.07 Å².